The Kier molecular flexibility index (Phi) is 5.27. The van der Waals surface area contributed by atoms with Crippen LogP contribution in [0, 0.1) is 17.2 Å². The number of rotatable bonds is 4. The van der Waals surface area contributed by atoms with E-state index in [1.165, 1.54) is 0 Å². The quantitative estimate of drug-likeness (QED) is 0.789. The second-order valence-electron chi connectivity index (χ2n) is 4.38. The fourth-order valence-corrected chi connectivity index (χ4v) is 1.97. The second kappa shape index (κ2) is 6.49. The molecule has 3 unspecified atom stereocenters. The number of amides is 1. The third kappa shape index (κ3) is 3.82. The van der Waals surface area contributed by atoms with Crippen LogP contribution in [0.3, 0.4) is 0 Å². The van der Waals surface area contributed by atoms with Gasteiger partial charge in [-0.05, 0) is 26.2 Å². The van der Waals surface area contributed by atoms with Crippen LogP contribution in [0.15, 0.2) is 0 Å². The number of ether oxygens (including phenoxy) is 1. The van der Waals surface area contributed by atoms with Gasteiger partial charge in [0.2, 0.25) is 5.91 Å². The average Bonchev–Trinajstić information content (AvgIpc) is 2.25. The van der Waals surface area contributed by atoms with E-state index >= 15 is 0 Å². The first-order chi connectivity index (χ1) is 7.67. The van der Waals surface area contributed by atoms with Crippen LogP contribution in [0.25, 0.3) is 0 Å². The average molecular weight is 224 g/mol. The summed E-state index contributed by atoms with van der Waals surface area (Å²) in [6, 6.07) is 2.23. The zero-order chi connectivity index (χ0) is 12.0. The van der Waals surface area contributed by atoms with Crippen molar-refractivity contribution in [2.45, 2.75) is 51.7 Å². The van der Waals surface area contributed by atoms with Gasteiger partial charge in [-0.25, -0.2) is 0 Å². The molecule has 1 heterocycles. The smallest absolute Gasteiger partial charge is 0.237 e. The third-order valence-corrected chi connectivity index (χ3v) is 2.88. The number of nitriles is 1. The summed E-state index contributed by atoms with van der Waals surface area (Å²) in [6.07, 6.45) is 3.39. The van der Waals surface area contributed by atoms with Crippen molar-refractivity contribution >= 4 is 5.91 Å². The van der Waals surface area contributed by atoms with E-state index in [9.17, 15) is 4.79 Å². The van der Waals surface area contributed by atoms with Crippen LogP contribution in [0.5, 0.6) is 0 Å². The molecule has 1 fully saturated rings. The predicted molar refractivity (Wildman–Crippen MR) is 60.6 cm³/mol. The molecule has 0 aromatic rings. The van der Waals surface area contributed by atoms with Crippen molar-refractivity contribution in [2.24, 2.45) is 5.92 Å². The molecule has 0 radical (unpaired) electrons. The molecule has 1 N–H and O–H groups in total. The van der Waals surface area contributed by atoms with E-state index < -0.39 is 5.92 Å². The third-order valence-electron chi connectivity index (χ3n) is 2.88. The van der Waals surface area contributed by atoms with Gasteiger partial charge in [0.05, 0.1) is 12.2 Å². The lowest BCUT2D eigenvalue weighted by molar-refractivity contribution is -0.125. The molecule has 1 saturated heterocycles. The molecule has 4 nitrogen and oxygen atoms in total. The molecular formula is C12H20N2O2. The highest BCUT2D eigenvalue weighted by molar-refractivity contribution is 5.81. The van der Waals surface area contributed by atoms with E-state index in [1.807, 2.05) is 13.8 Å². The Morgan fingerprint density at radius 2 is 2.44 bits per heavy atom. The monoisotopic (exact) mass is 224 g/mol. The van der Waals surface area contributed by atoms with Crippen molar-refractivity contribution < 1.29 is 9.53 Å². The van der Waals surface area contributed by atoms with E-state index in [4.69, 9.17) is 10.00 Å². The fraction of sp³-hybridized carbons (Fsp3) is 0.833. The van der Waals surface area contributed by atoms with Crippen molar-refractivity contribution in [1.82, 2.24) is 5.32 Å². The molecule has 0 aliphatic carbocycles. The van der Waals surface area contributed by atoms with Crippen molar-refractivity contribution in [3.63, 3.8) is 0 Å². The van der Waals surface area contributed by atoms with Crippen molar-refractivity contribution in [2.75, 3.05) is 6.61 Å². The molecule has 4 heteroatoms. The highest BCUT2D eigenvalue weighted by Crippen LogP contribution is 2.14. The first-order valence-electron chi connectivity index (χ1n) is 5.99. The Labute approximate surface area is 97.0 Å². The number of hydrogen-bond donors (Lipinski definition) is 1. The van der Waals surface area contributed by atoms with E-state index in [2.05, 4.69) is 11.4 Å². The molecule has 1 aliphatic rings. The molecule has 0 aromatic carbocycles. The molecule has 0 aromatic heterocycles. The van der Waals surface area contributed by atoms with Gasteiger partial charge in [0.1, 0.15) is 5.92 Å². The van der Waals surface area contributed by atoms with Crippen LogP contribution in [0.4, 0.5) is 0 Å². The lowest BCUT2D eigenvalue weighted by Crippen LogP contribution is -2.43. The maximum absolute atomic E-state index is 11.8. The highest BCUT2D eigenvalue weighted by atomic mass is 16.5. The molecule has 1 amide bonds. The predicted octanol–water partition coefficient (Wildman–Crippen LogP) is 1.61. The largest absolute Gasteiger partial charge is 0.378 e. The molecule has 0 spiro atoms. The Hall–Kier alpha value is -1.08. The number of carbonyl (C=O) groups excluding carboxylic acids is 1. The SMILES string of the molecule is CCCC(C#N)C(=O)NC1CCOC(C)C1. The zero-order valence-electron chi connectivity index (χ0n) is 10.0. The summed E-state index contributed by atoms with van der Waals surface area (Å²) in [4.78, 5) is 11.8. The molecule has 0 bridgehead atoms. The zero-order valence-corrected chi connectivity index (χ0v) is 10.0. The van der Waals surface area contributed by atoms with Crippen molar-refractivity contribution in [3.05, 3.63) is 0 Å². The molecule has 1 rings (SSSR count). The van der Waals surface area contributed by atoms with Crippen LogP contribution < -0.4 is 5.32 Å². The van der Waals surface area contributed by atoms with Gasteiger partial charge < -0.3 is 10.1 Å². The molecule has 3 atom stereocenters. The van der Waals surface area contributed by atoms with Gasteiger partial charge >= 0.3 is 0 Å². The minimum Gasteiger partial charge on any atom is -0.378 e. The fourth-order valence-electron chi connectivity index (χ4n) is 1.97. The van der Waals surface area contributed by atoms with Gasteiger partial charge in [-0.3, -0.25) is 4.79 Å². The Bertz CT molecular complexity index is 273. The molecule has 0 saturated carbocycles. The van der Waals surface area contributed by atoms with E-state index in [0.717, 1.165) is 19.3 Å². The van der Waals surface area contributed by atoms with Gasteiger partial charge in [-0.2, -0.15) is 5.26 Å². The maximum atomic E-state index is 11.8. The minimum atomic E-state index is -0.497. The summed E-state index contributed by atoms with van der Waals surface area (Å²) in [5.41, 5.74) is 0. The lowest BCUT2D eigenvalue weighted by atomic mass is 10.0. The van der Waals surface area contributed by atoms with Gasteiger partial charge in [-0.15, -0.1) is 0 Å². The molecule has 16 heavy (non-hydrogen) atoms. The summed E-state index contributed by atoms with van der Waals surface area (Å²) in [5, 5.41) is 11.8. The summed E-state index contributed by atoms with van der Waals surface area (Å²) < 4.78 is 5.41. The summed E-state index contributed by atoms with van der Waals surface area (Å²) in [7, 11) is 0. The summed E-state index contributed by atoms with van der Waals surface area (Å²) >= 11 is 0. The van der Waals surface area contributed by atoms with Crippen molar-refractivity contribution in [1.29, 1.82) is 5.26 Å². The summed E-state index contributed by atoms with van der Waals surface area (Å²) in [5.74, 6) is -0.619. The van der Waals surface area contributed by atoms with Gasteiger partial charge in [0.25, 0.3) is 0 Å². The molecule has 1 aliphatic heterocycles. The highest BCUT2D eigenvalue weighted by Gasteiger charge is 2.24. The standard InChI is InChI=1S/C12H20N2O2/c1-3-4-10(8-13)12(15)14-11-5-6-16-9(2)7-11/h9-11H,3-7H2,1-2H3,(H,14,15). The van der Waals surface area contributed by atoms with Crippen LogP contribution in [-0.2, 0) is 9.53 Å². The normalized spacial score (nSPS) is 26.8. The topological polar surface area (TPSA) is 62.1 Å². The number of nitrogens with zero attached hydrogens (tertiary/aromatic N) is 1. The molecular weight excluding hydrogens is 204 g/mol. The van der Waals surface area contributed by atoms with Gasteiger partial charge in [0.15, 0.2) is 0 Å². The van der Waals surface area contributed by atoms with E-state index in [-0.39, 0.29) is 18.1 Å². The maximum Gasteiger partial charge on any atom is 0.237 e. The molecule has 90 valence electrons. The van der Waals surface area contributed by atoms with Crippen molar-refractivity contribution in [3.8, 4) is 6.07 Å². The second-order valence-corrected chi connectivity index (χ2v) is 4.38. The minimum absolute atomic E-state index is 0.122. The number of hydrogen-bond acceptors (Lipinski definition) is 3. The van der Waals surface area contributed by atoms with Crippen LogP contribution in [0.2, 0.25) is 0 Å². The summed E-state index contributed by atoms with van der Waals surface area (Å²) in [6.45, 7) is 4.68. The Morgan fingerprint density at radius 1 is 1.69 bits per heavy atom. The van der Waals surface area contributed by atoms with Crippen LogP contribution >= 0.6 is 0 Å². The first kappa shape index (κ1) is 13.0. The Morgan fingerprint density at radius 3 is 3.00 bits per heavy atom. The first-order valence-corrected chi connectivity index (χ1v) is 5.99. The number of carbonyl (C=O) groups is 1. The number of nitrogens with one attached hydrogen (secondary N) is 1. The van der Waals surface area contributed by atoms with Crippen LogP contribution in [-0.4, -0.2) is 24.7 Å². The van der Waals surface area contributed by atoms with Crippen LogP contribution in [0.1, 0.15) is 39.5 Å². The van der Waals surface area contributed by atoms with E-state index in [1.54, 1.807) is 0 Å². The van der Waals surface area contributed by atoms with Gasteiger partial charge in [-0.1, -0.05) is 13.3 Å². The Balaban J connectivity index is 2.40. The van der Waals surface area contributed by atoms with Gasteiger partial charge in [0, 0.05) is 12.6 Å². The van der Waals surface area contributed by atoms with E-state index in [0.29, 0.717) is 13.0 Å². The lowest BCUT2D eigenvalue weighted by Gasteiger charge is -2.28.